The van der Waals surface area contributed by atoms with Crippen LogP contribution in [0, 0.1) is 0 Å². The van der Waals surface area contributed by atoms with E-state index in [9.17, 15) is 9.59 Å². The Hall–Kier alpha value is -1.75. The Morgan fingerprint density at radius 3 is 2.65 bits per heavy atom. The Kier molecular flexibility index (Phi) is 4.84. The molecule has 0 radical (unpaired) electrons. The molecule has 0 amide bonds. The monoisotopic (exact) mass is 290 g/mol. The molecule has 1 heterocycles. The predicted molar refractivity (Wildman–Crippen MR) is 83.0 cm³/mol. The van der Waals surface area contributed by atoms with Crippen LogP contribution in [0.2, 0.25) is 0 Å². The summed E-state index contributed by atoms with van der Waals surface area (Å²) in [4.78, 5) is 25.3. The first-order valence-electron chi connectivity index (χ1n) is 6.64. The van der Waals surface area contributed by atoms with Crippen molar-refractivity contribution in [1.82, 2.24) is 9.13 Å². The van der Waals surface area contributed by atoms with E-state index < -0.39 is 11.1 Å². The first-order valence-corrected chi connectivity index (χ1v) is 7.86. The molecule has 0 unspecified atom stereocenters. The molecule has 2 aromatic rings. The molecule has 20 heavy (non-hydrogen) atoms. The number of aryl methyl sites for hydroxylation is 1. The van der Waals surface area contributed by atoms with Crippen LogP contribution in [0.5, 0.6) is 0 Å². The molecule has 0 saturated carbocycles. The van der Waals surface area contributed by atoms with E-state index >= 15 is 0 Å². The zero-order chi connectivity index (χ0) is 14.5. The lowest BCUT2D eigenvalue weighted by Gasteiger charge is -2.09. The van der Waals surface area contributed by atoms with E-state index in [1.807, 2.05) is 30.5 Å². The zero-order valence-corrected chi connectivity index (χ0v) is 12.5. The number of rotatable bonds is 5. The number of aromatic nitrogens is 2. The van der Waals surface area contributed by atoms with Crippen LogP contribution in [0.1, 0.15) is 19.8 Å². The van der Waals surface area contributed by atoms with Crippen LogP contribution in [-0.2, 0) is 6.54 Å². The number of hydrogen-bond acceptors (Lipinski definition) is 3. The van der Waals surface area contributed by atoms with Crippen molar-refractivity contribution in [3.05, 3.63) is 57.4 Å². The number of hydrogen-bond donors (Lipinski definition) is 0. The van der Waals surface area contributed by atoms with Crippen molar-refractivity contribution in [2.75, 3.05) is 6.26 Å². The highest BCUT2D eigenvalue weighted by molar-refractivity contribution is 7.98. The normalized spacial score (nSPS) is 10.7. The number of benzene rings is 1. The first-order chi connectivity index (χ1) is 9.67. The third kappa shape index (κ3) is 3.04. The van der Waals surface area contributed by atoms with Gasteiger partial charge in [-0.25, -0.2) is 0 Å². The standard InChI is InChI=1S/C15H18N2O2S/c1-3-4-8-16-9-10-17(15(19)14(16)18)12-6-5-7-13(11-12)20-2/h5-7,9-11H,3-4,8H2,1-2H3. The average molecular weight is 290 g/mol. The van der Waals surface area contributed by atoms with Crippen molar-refractivity contribution in [1.29, 1.82) is 0 Å². The van der Waals surface area contributed by atoms with Gasteiger partial charge < -0.3 is 4.57 Å². The van der Waals surface area contributed by atoms with E-state index in [0.29, 0.717) is 6.54 Å². The molecule has 0 atom stereocenters. The van der Waals surface area contributed by atoms with Crippen LogP contribution in [0.3, 0.4) is 0 Å². The molecule has 2 rings (SSSR count). The largest absolute Gasteiger partial charge is 0.320 e. The molecule has 0 aliphatic rings. The van der Waals surface area contributed by atoms with Crippen molar-refractivity contribution < 1.29 is 0 Å². The Balaban J connectivity index is 2.46. The first kappa shape index (κ1) is 14.7. The maximum absolute atomic E-state index is 12.2. The van der Waals surface area contributed by atoms with Crippen LogP contribution < -0.4 is 11.1 Å². The molecule has 0 aliphatic heterocycles. The van der Waals surface area contributed by atoms with E-state index in [-0.39, 0.29) is 0 Å². The van der Waals surface area contributed by atoms with Gasteiger partial charge in [0.25, 0.3) is 0 Å². The summed E-state index contributed by atoms with van der Waals surface area (Å²) in [6.45, 7) is 2.65. The van der Waals surface area contributed by atoms with Gasteiger partial charge in [0, 0.05) is 29.5 Å². The molecule has 0 saturated heterocycles. The van der Waals surface area contributed by atoms with E-state index in [4.69, 9.17) is 0 Å². The summed E-state index contributed by atoms with van der Waals surface area (Å²) in [5.41, 5.74) is -0.237. The molecule has 0 N–H and O–H groups in total. The van der Waals surface area contributed by atoms with E-state index in [1.165, 1.54) is 9.13 Å². The van der Waals surface area contributed by atoms with Gasteiger partial charge in [-0.3, -0.25) is 14.2 Å². The summed E-state index contributed by atoms with van der Waals surface area (Å²) in [6.07, 6.45) is 7.21. The van der Waals surface area contributed by atoms with Gasteiger partial charge in [-0.2, -0.15) is 0 Å². The fraction of sp³-hybridized carbons (Fsp3) is 0.333. The van der Waals surface area contributed by atoms with Crippen molar-refractivity contribution in [3.8, 4) is 5.69 Å². The summed E-state index contributed by atoms with van der Waals surface area (Å²) in [5.74, 6) is 0. The van der Waals surface area contributed by atoms with Gasteiger partial charge in [-0.1, -0.05) is 19.4 Å². The molecule has 0 fully saturated rings. The van der Waals surface area contributed by atoms with Crippen molar-refractivity contribution >= 4 is 11.8 Å². The second-order valence-corrected chi connectivity index (χ2v) is 5.41. The maximum atomic E-state index is 12.2. The zero-order valence-electron chi connectivity index (χ0n) is 11.7. The van der Waals surface area contributed by atoms with E-state index in [2.05, 4.69) is 6.92 Å². The summed E-state index contributed by atoms with van der Waals surface area (Å²) in [7, 11) is 0. The minimum atomic E-state index is -0.498. The van der Waals surface area contributed by atoms with Crippen LogP contribution in [0.25, 0.3) is 5.69 Å². The summed E-state index contributed by atoms with van der Waals surface area (Å²) >= 11 is 1.60. The molecule has 5 heteroatoms. The van der Waals surface area contributed by atoms with Crippen molar-refractivity contribution in [3.63, 3.8) is 0 Å². The fourth-order valence-corrected chi connectivity index (χ4v) is 2.43. The molecule has 106 valence electrons. The van der Waals surface area contributed by atoms with Gasteiger partial charge in [-0.05, 0) is 30.9 Å². The Bertz CT molecular complexity index is 704. The highest BCUT2D eigenvalue weighted by atomic mass is 32.2. The topological polar surface area (TPSA) is 44.0 Å². The lowest BCUT2D eigenvalue weighted by molar-refractivity contribution is 0.599. The van der Waals surface area contributed by atoms with Gasteiger partial charge in [0.15, 0.2) is 0 Å². The fourth-order valence-electron chi connectivity index (χ4n) is 1.98. The summed E-state index contributed by atoms with van der Waals surface area (Å²) < 4.78 is 2.89. The van der Waals surface area contributed by atoms with Gasteiger partial charge in [0.1, 0.15) is 0 Å². The SMILES string of the molecule is CCCCn1ccn(-c2cccc(SC)c2)c(=O)c1=O. The molecule has 0 aliphatic carbocycles. The third-order valence-corrected chi connectivity index (χ3v) is 3.87. The molecule has 0 bridgehead atoms. The Labute approximate surface area is 122 Å². The van der Waals surface area contributed by atoms with Crippen LogP contribution in [0.4, 0.5) is 0 Å². The molecular formula is C15H18N2O2S. The second kappa shape index (κ2) is 6.61. The van der Waals surface area contributed by atoms with E-state index in [1.54, 1.807) is 24.2 Å². The predicted octanol–water partition coefficient (Wildman–Crippen LogP) is 2.52. The lowest BCUT2D eigenvalue weighted by atomic mass is 10.3. The van der Waals surface area contributed by atoms with E-state index in [0.717, 1.165) is 23.4 Å². The highest BCUT2D eigenvalue weighted by Gasteiger charge is 2.06. The van der Waals surface area contributed by atoms with Gasteiger partial charge in [0.2, 0.25) is 0 Å². The summed E-state index contributed by atoms with van der Waals surface area (Å²) in [6, 6.07) is 7.59. The quantitative estimate of drug-likeness (QED) is 0.628. The van der Waals surface area contributed by atoms with Gasteiger partial charge in [-0.15, -0.1) is 11.8 Å². The second-order valence-electron chi connectivity index (χ2n) is 4.53. The Morgan fingerprint density at radius 2 is 1.95 bits per heavy atom. The Morgan fingerprint density at radius 1 is 1.15 bits per heavy atom. The highest BCUT2D eigenvalue weighted by Crippen LogP contribution is 2.17. The molecular weight excluding hydrogens is 272 g/mol. The minimum Gasteiger partial charge on any atom is -0.309 e. The number of thioether (sulfide) groups is 1. The smallest absolute Gasteiger partial charge is 0.309 e. The average Bonchev–Trinajstić information content (AvgIpc) is 2.49. The van der Waals surface area contributed by atoms with Gasteiger partial charge >= 0.3 is 11.1 Å². The third-order valence-electron chi connectivity index (χ3n) is 3.14. The van der Waals surface area contributed by atoms with Gasteiger partial charge in [0.05, 0.1) is 0 Å². The molecule has 4 nitrogen and oxygen atoms in total. The minimum absolute atomic E-state index is 0.462. The lowest BCUT2D eigenvalue weighted by Crippen LogP contribution is -2.39. The molecule has 0 spiro atoms. The van der Waals surface area contributed by atoms with Crippen molar-refractivity contribution in [2.45, 2.75) is 31.2 Å². The number of nitrogens with zero attached hydrogens (tertiary/aromatic N) is 2. The van der Waals surface area contributed by atoms with Crippen LogP contribution in [0.15, 0.2) is 51.1 Å². The molecule has 1 aromatic carbocycles. The summed E-state index contributed by atoms with van der Waals surface area (Å²) in [5, 5.41) is 0. The maximum Gasteiger partial charge on any atom is 0.320 e. The van der Waals surface area contributed by atoms with Crippen LogP contribution >= 0.6 is 11.8 Å². The van der Waals surface area contributed by atoms with Crippen molar-refractivity contribution in [2.24, 2.45) is 0 Å². The molecule has 1 aromatic heterocycles. The van der Waals surface area contributed by atoms with Crippen LogP contribution in [-0.4, -0.2) is 15.4 Å². The number of unbranched alkanes of at least 4 members (excludes halogenated alkanes) is 1.